The molecule has 6 heteroatoms. The Hall–Kier alpha value is -1.59. The minimum atomic E-state index is -1.05. The predicted molar refractivity (Wildman–Crippen MR) is 83.2 cm³/mol. The number of nitrogens with one attached hydrogen (secondary N) is 2. The summed E-state index contributed by atoms with van der Waals surface area (Å²) in [5.74, 6) is -1.55. The van der Waals surface area contributed by atoms with E-state index in [1.165, 1.54) is 0 Å². The van der Waals surface area contributed by atoms with Gasteiger partial charge in [-0.15, -0.1) is 0 Å². The summed E-state index contributed by atoms with van der Waals surface area (Å²) >= 11 is 5.73. The highest BCUT2D eigenvalue weighted by Gasteiger charge is 2.28. The molecular weight excluding hydrogens is 292 g/mol. The third-order valence-electron chi connectivity index (χ3n) is 3.59. The lowest BCUT2D eigenvalue weighted by atomic mass is 9.89. The molecule has 1 rings (SSSR count). The van der Waals surface area contributed by atoms with Crippen LogP contribution in [0.15, 0.2) is 24.3 Å². The van der Waals surface area contributed by atoms with E-state index < -0.39 is 17.4 Å². The van der Waals surface area contributed by atoms with Crippen molar-refractivity contribution in [2.45, 2.75) is 32.8 Å². The number of carbonyl (C=O) groups is 2. The lowest BCUT2D eigenvalue weighted by Crippen LogP contribution is -2.47. The fourth-order valence-electron chi connectivity index (χ4n) is 1.67. The summed E-state index contributed by atoms with van der Waals surface area (Å²) < 4.78 is 0. The number of hydrogen-bond acceptors (Lipinski definition) is 3. The van der Waals surface area contributed by atoms with Crippen LogP contribution >= 0.6 is 11.6 Å². The van der Waals surface area contributed by atoms with Crippen molar-refractivity contribution in [1.82, 2.24) is 5.32 Å². The standard InChI is InChI=1S/C15H21ClN2O3/c1-4-10(2)15(3,21)9-17-13(19)14(20)18-12-7-5-11(16)6-8-12/h5-8,10,21H,4,9H2,1-3H3,(H,17,19)(H,18,20). The van der Waals surface area contributed by atoms with Crippen molar-refractivity contribution in [3.63, 3.8) is 0 Å². The quantitative estimate of drug-likeness (QED) is 0.729. The van der Waals surface area contributed by atoms with E-state index in [4.69, 9.17) is 11.6 Å². The van der Waals surface area contributed by atoms with Gasteiger partial charge in [0.15, 0.2) is 0 Å². The van der Waals surface area contributed by atoms with Crippen LogP contribution in [0.2, 0.25) is 5.02 Å². The molecule has 5 nitrogen and oxygen atoms in total. The number of halogens is 1. The molecule has 0 saturated carbocycles. The summed E-state index contributed by atoms with van der Waals surface area (Å²) in [6.45, 7) is 5.50. The molecule has 21 heavy (non-hydrogen) atoms. The van der Waals surface area contributed by atoms with Crippen molar-refractivity contribution in [2.24, 2.45) is 5.92 Å². The van der Waals surface area contributed by atoms with E-state index >= 15 is 0 Å². The van der Waals surface area contributed by atoms with Crippen LogP contribution in [0.25, 0.3) is 0 Å². The van der Waals surface area contributed by atoms with E-state index in [9.17, 15) is 14.7 Å². The highest BCUT2D eigenvalue weighted by molar-refractivity contribution is 6.39. The van der Waals surface area contributed by atoms with Crippen LogP contribution in [0.5, 0.6) is 0 Å². The predicted octanol–water partition coefficient (Wildman–Crippen LogP) is 2.19. The molecule has 116 valence electrons. The van der Waals surface area contributed by atoms with Gasteiger partial charge in [-0.1, -0.05) is 31.9 Å². The van der Waals surface area contributed by atoms with Crippen molar-refractivity contribution in [3.8, 4) is 0 Å². The first kappa shape index (κ1) is 17.5. The van der Waals surface area contributed by atoms with Gasteiger partial charge in [-0.2, -0.15) is 0 Å². The molecule has 0 aliphatic carbocycles. The molecule has 0 spiro atoms. The highest BCUT2D eigenvalue weighted by Crippen LogP contribution is 2.18. The molecule has 1 aromatic carbocycles. The molecule has 0 radical (unpaired) electrons. The van der Waals surface area contributed by atoms with Crippen molar-refractivity contribution in [3.05, 3.63) is 29.3 Å². The van der Waals surface area contributed by atoms with Gasteiger partial charge < -0.3 is 15.7 Å². The Morgan fingerprint density at radius 3 is 2.38 bits per heavy atom. The van der Waals surface area contributed by atoms with Crippen molar-refractivity contribution in [2.75, 3.05) is 11.9 Å². The average molecular weight is 313 g/mol. The zero-order chi connectivity index (χ0) is 16.0. The molecule has 2 unspecified atom stereocenters. The van der Waals surface area contributed by atoms with Crippen molar-refractivity contribution < 1.29 is 14.7 Å². The summed E-state index contributed by atoms with van der Waals surface area (Å²) in [5, 5.41) is 15.6. The first-order valence-corrected chi connectivity index (χ1v) is 7.21. The smallest absolute Gasteiger partial charge is 0.313 e. The zero-order valence-corrected chi connectivity index (χ0v) is 13.2. The summed E-state index contributed by atoms with van der Waals surface area (Å²) in [4.78, 5) is 23.4. The van der Waals surface area contributed by atoms with Crippen molar-refractivity contribution >= 4 is 29.1 Å². The number of aliphatic hydroxyl groups is 1. The Kier molecular flexibility index (Phi) is 6.18. The molecule has 0 heterocycles. The van der Waals surface area contributed by atoms with Crippen LogP contribution in [0.4, 0.5) is 5.69 Å². The summed E-state index contributed by atoms with van der Waals surface area (Å²) in [5.41, 5.74) is -0.571. The molecule has 0 aromatic heterocycles. The number of anilines is 1. The molecule has 1 aromatic rings. The second-order valence-electron chi connectivity index (χ2n) is 5.31. The van der Waals surface area contributed by atoms with Crippen LogP contribution in [0.3, 0.4) is 0 Å². The Morgan fingerprint density at radius 2 is 1.86 bits per heavy atom. The Labute approximate surface area is 129 Å². The molecule has 2 amide bonds. The summed E-state index contributed by atoms with van der Waals surface area (Å²) in [7, 11) is 0. The van der Waals surface area contributed by atoms with Gasteiger partial charge >= 0.3 is 11.8 Å². The summed E-state index contributed by atoms with van der Waals surface area (Å²) in [6.07, 6.45) is 0.778. The maximum Gasteiger partial charge on any atom is 0.313 e. The van der Waals surface area contributed by atoms with Gasteiger partial charge in [0.25, 0.3) is 0 Å². The Morgan fingerprint density at radius 1 is 1.29 bits per heavy atom. The van der Waals surface area contributed by atoms with E-state index in [0.29, 0.717) is 10.7 Å². The fourth-order valence-corrected chi connectivity index (χ4v) is 1.80. The maximum absolute atomic E-state index is 11.7. The number of benzene rings is 1. The monoisotopic (exact) mass is 312 g/mol. The van der Waals surface area contributed by atoms with E-state index in [0.717, 1.165) is 6.42 Å². The topological polar surface area (TPSA) is 78.4 Å². The number of hydrogen-bond donors (Lipinski definition) is 3. The largest absolute Gasteiger partial charge is 0.388 e. The number of rotatable bonds is 5. The Bertz CT molecular complexity index is 500. The van der Waals surface area contributed by atoms with Gasteiger partial charge in [0, 0.05) is 17.3 Å². The van der Waals surface area contributed by atoms with Crippen LogP contribution in [-0.4, -0.2) is 29.1 Å². The average Bonchev–Trinajstić information content (AvgIpc) is 2.46. The van der Waals surface area contributed by atoms with E-state index in [1.807, 2.05) is 13.8 Å². The molecule has 0 saturated heterocycles. The maximum atomic E-state index is 11.7. The third-order valence-corrected chi connectivity index (χ3v) is 3.84. The normalized spacial score (nSPS) is 14.9. The van der Waals surface area contributed by atoms with E-state index in [2.05, 4.69) is 10.6 Å². The van der Waals surface area contributed by atoms with Gasteiger partial charge in [-0.25, -0.2) is 0 Å². The molecule has 0 aliphatic rings. The minimum absolute atomic E-state index is 0.0112. The van der Waals surface area contributed by atoms with Gasteiger partial charge in [-0.3, -0.25) is 9.59 Å². The minimum Gasteiger partial charge on any atom is -0.388 e. The molecule has 0 bridgehead atoms. The summed E-state index contributed by atoms with van der Waals surface area (Å²) in [6, 6.07) is 6.43. The van der Waals surface area contributed by atoms with Crippen molar-refractivity contribution in [1.29, 1.82) is 0 Å². The zero-order valence-electron chi connectivity index (χ0n) is 12.4. The molecule has 2 atom stereocenters. The number of amides is 2. The Balaban J connectivity index is 2.52. The van der Waals surface area contributed by atoms with Gasteiger partial charge in [0.05, 0.1) is 5.60 Å². The molecule has 0 fully saturated rings. The SMILES string of the molecule is CCC(C)C(C)(O)CNC(=O)C(=O)Nc1ccc(Cl)cc1. The van der Waals surface area contributed by atoms with E-state index in [1.54, 1.807) is 31.2 Å². The fraction of sp³-hybridized carbons (Fsp3) is 0.467. The molecule has 0 aliphatic heterocycles. The van der Waals surface area contributed by atoms with E-state index in [-0.39, 0.29) is 12.5 Å². The lowest BCUT2D eigenvalue weighted by Gasteiger charge is -2.29. The lowest BCUT2D eigenvalue weighted by molar-refractivity contribution is -0.137. The highest BCUT2D eigenvalue weighted by atomic mass is 35.5. The van der Waals surface area contributed by atoms with Crippen LogP contribution in [-0.2, 0) is 9.59 Å². The van der Waals surface area contributed by atoms with Crippen LogP contribution < -0.4 is 10.6 Å². The first-order valence-electron chi connectivity index (χ1n) is 6.83. The van der Waals surface area contributed by atoms with Gasteiger partial charge in [0.2, 0.25) is 0 Å². The first-order chi connectivity index (χ1) is 9.76. The second kappa shape index (κ2) is 7.43. The number of carbonyl (C=O) groups excluding carboxylic acids is 2. The van der Waals surface area contributed by atoms with Gasteiger partial charge in [-0.05, 0) is 37.1 Å². The molecular formula is C15H21ClN2O3. The third kappa shape index (κ3) is 5.36. The van der Waals surface area contributed by atoms with Gasteiger partial charge in [0.1, 0.15) is 0 Å². The van der Waals surface area contributed by atoms with Crippen LogP contribution in [0, 0.1) is 5.92 Å². The second-order valence-corrected chi connectivity index (χ2v) is 5.75. The van der Waals surface area contributed by atoms with Crippen LogP contribution in [0.1, 0.15) is 27.2 Å². The molecule has 3 N–H and O–H groups in total.